The first-order chi connectivity index (χ1) is 10.3. The Morgan fingerprint density at radius 2 is 2.00 bits per heavy atom. The van der Waals surface area contributed by atoms with Crippen LogP contribution in [0.3, 0.4) is 0 Å². The van der Waals surface area contributed by atoms with Crippen LogP contribution in [0.5, 0.6) is 0 Å². The van der Waals surface area contributed by atoms with E-state index in [9.17, 15) is 18.0 Å². The van der Waals surface area contributed by atoms with E-state index in [1.54, 1.807) is 9.80 Å². The number of halogens is 3. The summed E-state index contributed by atoms with van der Waals surface area (Å²) >= 11 is 0.625. The number of alkyl halides is 3. The van der Waals surface area contributed by atoms with E-state index in [0.717, 1.165) is 6.20 Å². The minimum absolute atomic E-state index is 0.265. The summed E-state index contributed by atoms with van der Waals surface area (Å²) in [5.74, 6) is 0.265. The lowest BCUT2D eigenvalue weighted by Crippen LogP contribution is -2.49. The molecule has 0 bridgehead atoms. The second-order valence-corrected chi connectivity index (χ2v) is 6.46. The number of carbonyl (C=O) groups is 1. The van der Waals surface area contributed by atoms with Crippen molar-refractivity contribution >= 4 is 22.6 Å². The van der Waals surface area contributed by atoms with E-state index < -0.39 is 11.1 Å². The van der Waals surface area contributed by atoms with Crippen LogP contribution in [0.15, 0.2) is 6.20 Å². The number of ether oxygens (including phenoxy) is 1. The summed E-state index contributed by atoms with van der Waals surface area (Å²) in [6, 6.07) is 0. The largest absolute Gasteiger partial charge is 0.449 e. The number of carbonyl (C=O) groups excluding carboxylic acids is 1. The topological polar surface area (TPSA) is 45.7 Å². The number of hydrogen-bond acceptors (Lipinski definition) is 5. The normalized spacial score (nSPS) is 16.3. The maximum absolute atomic E-state index is 12.6. The van der Waals surface area contributed by atoms with Crippen molar-refractivity contribution in [2.45, 2.75) is 20.0 Å². The van der Waals surface area contributed by atoms with E-state index >= 15 is 0 Å². The minimum atomic E-state index is -4.36. The van der Waals surface area contributed by atoms with Crippen LogP contribution in [0.4, 0.5) is 23.1 Å². The molecular weight excluding hydrogens is 319 g/mol. The standard InChI is InChI=1S/C13H18F3N3O2S/c1-9(2)8-21-12(20)19-5-3-18(4-6-19)11-17-7-10(22-11)13(14,15)16/h7,9H,3-6,8H2,1-2H3. The first-order valence-corrected chi connectivity index (χ1v) is 7.78. The Morgan fingerprint density at radius 1 is 1.36 bits per heavy atom. The average molecular weight is 337 g/mol. The lowest BCUT2D eigenvalue weighted by molar-refractivity contribution is -0.134. The van der Waals surface area contributed by atoms with Gasteiger partial charge in [0.05, 0.1) is 12.8 Å². The molecule has 0 spiro atoms. The quantitative estimate of drug-likeness (QED) is 0.850. The number of rotatable bonds is 3. The van der Waals surface area contributed by atoms with Crippen molar-refractivity contribution < 1.29 is 22.7 Å². The van der Waals surface area contributed by atoms with Crippen molar-refractivity contribution in [1.29, 1.82) is 0 Å². The molecule has 22 heavy (non-hydrogen) atoms. The lowest BCUT2D eigenvalue weighted by Gasteiger charge is -2.34. The Hall–Kier alpha value is -1.51. The Kier molecular flexibility index (Phi) is 5.15. The van der Waals surface area contributed by atoms with Gasteiger partial charge in [-0.3, -0.25) is 0 Å². The van der Waals surface area contributed by atoms with Gasteiger partial charge in [-0.15, -0.1) is 0 Å². The Balaban J connectivity index is 1.87. The third-order valence-corrected chi connectivity index (χ3v) is 4.22. The monoisotopic (exact) mass is 337 g/mol. The number of piperazine rings is 1. The molecule has 2 heterocycles. The number of anilines is 1. The molecule has 0 unspecified atom stereocenters. The SMILES string of the molecule is CC(C)COC(=O)N1CCN(c2ncc(C(F)(F)F)s2)CC1. The summed E-state index contributed by atoms with van der Waals surface area (Å²) in [4.78, 5) is 18.2. The van der Waals surface area contributed by atoms with Crippen LogP contribution in [0.25, 0.3) is 0 Å². The van der Waals surface area contributed by atoms with Gasteiger partial charge in [-0.25, -0.2) is 9.78 Å². The molecular formula is C13H18F3N3O2S. The van der Waals surface area contributed by atoms with Crippen molar-refractivity contribution in [3.05, 3.63) is 11.1 Å². The first kappa shape index (κ1) is 16.9. The number of nitrogens with zero attached hydrogens (tertiary/aromatic N) is 3. The van der Waals surface area contributed by atoms with Gasteiger partial charge in [0.25, 0.3) is 0 Å². The van der Waals surface area contributed by atoms with E-state index in [1.807, 2.05) is 13.8 Å². The van der Waals surface area contributed by atoms with Crippen LogP contribution in [0.2, 0.25) is 0 Å². The third-order valence-electron chi connectivity index (χ3n) is 3.12. The van der Waals surface area contributed by atoms with E-state index in [0.29, 0.717) is 49.3 Å². The number of amides is 1. The van der Waals surface area contributed by atoms with Crippen LogP contribution < -0.4 is 4.90 Å². The summed E-state index contributed by atoms with van der Waals surface area (Å²) in [5, 5.41) is 0.336. The van der Waals surface area contributed by atoms with Crippen molar-refractivity contribution in [3.63, 3.8) is 0 Å². The molecule has 1 amide bonds. The molecule has 0 saturated carbocycles. The molecule has 0 aromatic carbocycles. The Labute approximate surface area is 130 Å². The molecule has 1 aromatic rings. The van der Waals surface area contributed by atoms with Gasteiger partial charge in [0.15, 0.2) is 5.13 Å². The van der Waals surface area contributed by atoms with E-state index in [4.69, 9.17) is 4.74 Å². The summed E-state index contributed by atoms with van der Waals surface area (Å²) < 4.78 is 42.8. The molecule has 0 aliphatic carbocycles. The van der Waals surface area contributed by atoms with Gasteiger partial charge in [0, 0.05) is 26.2 Å². The van der Waals surface area contributed by atoms with Crippen LogP contribution in [-0.2, 0) is 10.9 Å². The predicted molar refractivity (Wildman–Crippen MR) is 77.1 cm³/mol. The van der Waals surface area contributed by atoms with Crippen molar-refractivity contribution in [1.82, 2.24) is 9.88 Å². The van der Waals surface area contributed by atoms with Gasteiger partial charge in [0.1, 0.15) is 4.88 Å². The fourth-order valence-electron chi connectivity index (χ4n) is 1.95. The smallest absolute Gasteiger partial charge is 0.427 e. The molecule has 1 saturated heterocycles. The maximum Gasteiger partial charge on any atom is 0.427 e. The Bertz CT molecular complexity index is 511. The maximum atomic E-state index is 12.6. The zero-order valence-corrected chi connectivity index (χ0v) is 13.2. The summed E-state index contributed by atoms with van der Waals surface area (Å²) in [6.45, 7) is 5.98. The molecule has 0 atom stereocenters. The van der Waals surface area contributed by atoms with Gasteiger partial charge < -0.3 is 14.5 Å². The number of aromatic nitrogens is 1. The summed E-state index contributed by atoms with van der Waals surface area (Å²) in [6.07, 6.45) is -3.88. The van der Waals surface area contributed by atoms with E-state index in [-0.39, 0.29) is 12.0 Å². The summed E-state index contributed by atoms with van der Waals surface area (Å²) in [5.41, 5.74) is 0. The van der Waals surface area contributed by atoms with Gasteiger partial charge in [-0.2, -0.15) is 13.2 Å². The van der Waals surface area contributed by atoms with Crippen molar-refractivity contribution in [3.8, 4) is 0 Å². The van der Waals surface area contributed by atoms with Crippen LogP contribution in [-0.4, -0.2) is 48.8 Å². The zero-order chi connectivity index (χ0) is 16.3. The molecule has 1 fully saturated rings. The molecule has 1 aliphatic rings. The third kappa shape index (κ3) is 4.25. The fourth-order valence-corrected chi connectivity index (χ4v) is 2.79. The van der Waals surface area contributed by atoms with E-state index in [1.165, 1.54) is 0 Å². The van der Waals surface area contributed by atoms with Gasteiger partial charge in [0.2, 0.25) is 0 Å². The Morgan fingerprint density at radius 3 is 2.50 bits per heavy atom. The number of hydrogen-bond donors (Lipinski definition) is 0. The molecule has 2 rings (SSSR count). The predicted octanol–water partition coefficient (Wildman–Crippen LogP) is 3.08. The minimum Gasteiger partial charge on any atom is -0.449 e. The van der Waals surface area contributed by atoms with Gasteiger partial charge in [-0.05, 0) is 5.92 Å². The van der Waals surface area contributed by atoms with Crippen LogP contribution >= 0.6 is 11.3 Å². The highest BCUT2D eigenvalue weighted by molar-refractivity contribution is 7.15. The molecule has 0 radical (unpaired) electrons. The first-order valence-electron chi connectivity index (χ1n) is 6.97. The molecule has 5 nitrogen and oxygen atoms in total. The highest BCUT2D eigenvalue weighted by Crippen LogP contribution is 2.36. The molecule has 1 aromatic heterocycles. The molecule has 124 valence electrons. The van der Waals surface area contributed by atoms with Crippen molar-refractivity contribution in [2.24, 2.45) is 5.92 Å². The molecule has 0 N–H and O–H groups in total. The molecule has 1 aliphatic heterocycles. The van der Waals surface area contributed by atoms with Crippen molar-refractivity contribution in [2.75, 3.05) is 37.7 Å². The highest BCUT2D eigenvalue weighted by Gasteiger charge is 2.34. The van der Waals surface area contributed by atoms with Crippen LogP contribution in [0, 0.1) is 5.92 Å². The van der Waals surface area contributed by atoms with Gasteiger partial charge in [-0.1, -0.05) is 25.2 Å². The fraction of sp³-hybridized carbons (Fsp3) is 0.692. The zero-order valence-electron chi connectivity index (χ0n) is 12.4. The highest BCUT2D eigenvalue weighted by atomic mass is 32.1. The van der Waals surface area contributed by atoms with E-state index in [2.05, 4.69) is 4.98 Å². The second kappa shape index (κ2) is 6.72. The van der Waals surface area contributed by atoms with Crippen LogP contribution in [0.1, 0.15) is 18.7 Å². The van der Waals surface area contributed by atoms with Gasteiger partial charge >= 0.3 is 12.3 Å². The molecule has 9 heteroatoms. The summed E-state index contributed by atoms with van der Waals surface area (Å²) in [7, 11) is 0. The number of thiazole rings is 1. The second-order valence-electron chi connectivity index (χ2n) is 5.45. The average Bonchev–Trinajstić information content (AvgIpc) is 2.94. The lowest BCUT2D eigenvalue weighted by atomic mass is 10.2.